The van der Waals surface area contributed by atoms with Crippen molar-refractivity contribution < 1.29 is 0 Å². The van der Waals surface area contributed by atoms with Crippen molar-refractivity contribution in [2.45, 2.75) is 32.7 Å². The van der Waals surface area contributed by atoms with Crippen LogP contribution in [0.1, 0.15) is 32.7 Å². The van der Waals surface area contributed by atoms with Gasteiger partial charge in [-0.1, -0.05) is 13.3 Å². The summed E-state index contributed by atoms with van der Waals surface area (Å²) in [5.41, 5.74) is 6.56. The maximum atomic E-state index is 5.67. The van der Waals surface area contributed by atoms with Crippen molar-refractivity contribution in [3.05, 3.63) is 18.3 Å². The molecule has 2 aromatic heterocycles. The van der Waals surface area contributed by atoms with Gasteiger partial charge in [-0.2, -0.15) is 5.10 Å². The molecule has 0 aliphatic rings. The quantitative estimate of drug-likeness (QED) is 0.835. The van der Waals surface area contributed by atoms with Gasteiger partial charge in [0.15, 0.2) is 5.65 Å². The van der Waals surface area contributed by atoms with Gasteiger partial charge in [0.2, 0.25) is 0 Å². The predicted molar refractivity (Wildman–Crippen MR) is 61.6 cm³/mol. The number of nitrogens with two attached hydrogens (primary N) is 1. The fourth-order valence-corrected chi connectivity index (χ4v) is 1.80. The Kier molecular flexibility index (Phi) is 2.58. The zero-order valence-corrected chi connectivity index (χ0v) is 9.14. The van der Waals surface area contributed by atoms with E-state index < -0.39 is 0 Å². The minimum atomic E-state index is 0.377. The molecule has 2 N–H and O–H groups in total. The first-order valence-electron chi connectivity index (χ1n) is 5.32. The largest absolute Gasteiger partial charge is 0.384 e. The van der Waals surface area contributed by atoms with E-state index in [1.54, 1.807) is 6.07 Å². The molecule has 4 nitrogen and oxygen atoms in total. The molecule has 0 amide bonds. The van der Waals surface area contributed by atoms with Crippen LogP contribution in [0.3, 0.4) is 0 Å². The highest BCUT2D eigenvalue weighted by atomic mass is 15.3. The van der Waals surface area contributed by atoms with Crippen molar-refractivity contribution in [3.63, 3.8) is 0 Å². The first-order chi connectivity index (χ1) is 7.22. The molecule has 0 fully saturated rings. The van der Waals surface area contributed by atoms with Crippen LogP contribution >= 0.6 is 0 Å². The van der Waals surface area contributed by atoms with Crippen LogP contribution in [0, 0.1) is 0 Å². The van der Waals surface area contributed by atoms with E-state index in [4.69, 9.17) is 5.73 Å². The van der Waals surface area contributed by atoms with Gasteiger partial charge in [0.25, 0.3) is 0 Å². The monoisotopic (exact) mass is 204 g/mol. The maximum Gasteiger partial charge on any atom is 0.160 e. The molecule has 0 spiro atoms. The van der Waals surface area contributed by atoms with Crippen molar-refractivity contribution in [1.82, 2.24) is 14.8 Å². The number of rotatable bonds is 3. The summed E-state index contributed by atoms with van der Waals surface area (Å²) in [6, 6.07) is 4.14. The molecule has 15 heavy (non-hydrogen) atoms. The number of hydrogen-bond donors (Lipinski definition) is 1. The second-order valence-electron chi connectivity index (χ2n) is 3.88. The molecule has 80 valence electrons. The zero-order chi connectivity index (χ0) is 10.8. The molecule has 0 bridgehead atoms. The van der Waals surface area contributed by atoms with Crippen LogP contribution in [-0.4, -0.2) is 14.8 Å². The summed E-state index contributed by atoms with van der Waals surface area (Å²) in [5.74, 6) is 0.549. The summed E-state index contributed by atoms with van der Waals surface area (Å²) in [4.78, 5) is 4.32. The molecular formula is C11H16N4. The third-order valence-corrected chi connectivity index (χ3v) is 2.59. The molecule has 0 radical (unpaired) electrons. The predicted octanol–water partition coefficient (Wildman–Crippen LogP) is 2.37. The summed E-state index contributed by atoms with van der Waals surface area (Å²) < 4.78 is 1.95. The molecule has 1 atom stereocenters. The van der Waals surface area contributed by atoms with Gasteiger partial charge in [-0.15, -0.1) is 0 Å². The van der Waals surface area contributed by atoms with Gasteiger partial charge < -0.3 is 5.73 Å². The smallest absolute Gasteiger partial charge is 0.160 e. The number of fused-ring (bicyclic) bond motifs is 1. The van der Waals surface area contributed by atoms with E-state index in [1.165, 1.54) is 0 Å². The molecule has 2 heterocycles. The lowest BCUT2D eigenvalue weighted by molar-refractivity contribution is 0.465. The molecule has 0 saturated heterocycles. The van der Waals surface area contributed by atoms with E-state index in [0.29, 0.717) is 11.9 Å². The topological polar surface area (TPSA) is 56.7 Å². The minimum Gasteiger partial charge on any atom is -0.384 e. The van der Waals surface area contributed by atoms with Gasteiger partial charge in [-0.3, -0.25) is 0 Å². The Bertz CT molecular complexity index is 461. The van der Waals surface area contributed by atoms with Crippen LogP contribution in [0.5, 0.6) is 0 Å². The Morgan fingerprint density at radius 3 is 3.00 bits per heavy atom. The van der Waals surface area contributed by atoms with Gasteiger partial charge in [0.1, 0.15) is 5.82 Å². The van der Waals surface area contributed by atoms with Gasteiger partial charge in [-0.05, 0) is 25.5 Å². The van der Waals surface area contributed by atoms with Gasteiger partial charge in [0.05, 0.1) is 12.2 Å². The minimum absolute atomic E-state index is 0.377. The lowest BCUT2D eigenvalue weighted by Gasteiger charge is -2.11. The number of pyridine rings is 1. The first kappa shape index (κ1) is 9.96. The van der Waals surface area contributed by atoms with Crippen LogP contribution in [0.2, 0.25) is 0 Å². The summed E-state index contributed by atoms with van der Waals surface area (Å²) in [7, 11) is 0. The second kappa shape index (κ2) is 3.88. The number of nitrogens with zero attached hydrogens (tertiary/aromatic N) is 3. The summed E-state index contributed by atoms with van der Waals surface area (Å²) in [5, 5.41) is 5.40. The van der Waals surface area contributed by atoms with E-state index in [2.05, 4.69) is 23.9 Å². The summed E-state index contributed by atoms with van der Waals surface area (Å²) in [6.07, 6.45) is 4.09. The summed E-state index contributed by atoms with van der Waals surface area (Å²) >= 11 is 0. The normalized spacial score (nSPS) is 13.2. The molecule has 2 aromatic rings. The molecule has 0 aromatic carbocycles. The van der Waals surface area contributed by atoms with E-state index in [9.17, 15) is 0 Å². The fourth-order valence-electron chi connectivity index (χ4n) is 1.80. The van der Waals surface area contributed by atoms with E-state index >= 15 is 0 Å². The standard InChI is InChI=1S/C11H16N4/c1-3-4-8(2)15-11-9(7-13-15)5-6-10(12)14-11/h5-8H,3-4H2,1-2H3,(H2,12,14). The maximum absolute atomic E-state index is 5.67. The van der Waals surface area contributed by atoms with Gasteiger partial charge >= 0.3 is 0 Å². The van der Waals surface area contributed by atoms with E-state index in [-0.39, 0.29) is 0 Å². The van der Waals surface area contributed by atoms with Crippen molar-refractivity contribution in [2.75, 3.05) is 5.73 Å². The third kappa shape index (κ3) is 1.79. The van der Waals surface area contributed by atoms with Crippen molar-refractivity contribution in [2.24, 2.45) is 0 Å². The molecule has 0 aliphatic carbocycles. The molecular weight excluding hydrogens is 188 g/mol. The number of hydrogen-bond acceptors (Lipinski definition) is 3. The van der Waals surface area contributed by atoms with Crippen molar-refractivity contribution >= 4 is 16.9 Å². The molecule has 4 heteroatoms. The number of aromatic nitrogens is 3. The Hall–Kier alpha value is -1.58. The molecule has 1 unspecified atom stereocenters. The molecule has 0 saturated carbocycles. The second-order valence-corrected chi connectivity index (χ2v) is 3.88. The Labute approximate surface area is 89.1 Å². The Balaban J connectivity index is 2.47. The average molecular weight is 204 g/mol. The SMILES string of the molecule is CCCC(C)n1ncc2ccc(N)nc21. The number of anilines is 1. The van der Waals surface area contributed by atoms with Crippen LogP contribution < -0.4 is 5.73 Å². The Morgan fingerprint density at radius 2 is 2.27 bits per heavy atom. The highest BCUT2D eigenvalue weighted by molar-refractivity contribution is 5.76. The van der Waals surface area contributed by atoms with Gasteiger partial charge in [-0.25, -0.2) is 9.67 Å². The fraction of sp³-hybridized carbons (Fsp3) is 0.455. The van der Waals surface area contributed by atoms with Gasteiger partial charge in [0, 0.05) is 5.39 Å². The third-order valence-electron chi connectivity index (χ3n) is 2.59. The zero-order valence-electron chi connectivity index (χ0n) is 9.14. The van der Waals surface area contributed by atoms with Crippen molar-refractivity contribution in [1.29, 1.82) is 0 Å². The van der Waals surface area contributed by atoms with Crippen LogP contribution in [0.25, 0.3) is 11.0 Å². The summed E-state index contributed by atoms with van der Waals surface area (Å²) in [6.45, 7) is 4.32. The Morgan fingerprint density at radius 1 is 1.47 bits per heavy atom. The van der Waals surface area contributed by atoms with Crippen LogP contribution in [0.15, 0.2) is 18.3 Å². The highest BCUT2D eigenvalue weighted by Crippen LogP contribution is 2.19. The number of nitrogen functional groups attached to an aromatic ring is 1. The van der Waals surface area contributed by atoms with Crippen molar-refractivity contribution in [3.8, 4) is 0 Å². The lowest BCUT2D eigenvalue weighted by atomic mass is 10.2. The first-order valence-corrected chi connectivity index (χ1v) is 5.32. The van der Waals surface area contributed by atoms with Crippen LogP contribution in [-0.2, 0) is 0 Å². The van der Waals surface area contributed by atoms with E-state index in [1.807, 2.05) is 16.9 Å². The lowest BCUT2D eigenvalue weighted by Crippen LogP contribution is -2.07. The molecule has 2 rings (SSSR count). The average Bonchev–Trinajstić information content (AvgIpc) is 2.60. The van der Waals surface area contributed by atoms with Crippen LogP contribution in [0.4, 0.5) is 5.82 Å². The molecule has 0 aliphatic heterocycles. The highest BCUT2D eigenvalue weighted by Gasteiger charge is 2.09. The van der Waals surface area contributed by atoms with E-state index in [0.717, 1.165) is 23.9 Å².